The van der Waals surface area contributed by atoms with Gasteiger partial charge in [0.1, 0.15) is 5.75 Å². The van der Waals surface area contributed by atoms with Crippen molar-refractivity contribution in [2.45, 2.75) is 39.8 Å². The van der Waals surface area contributed by atoms with Crippen LogP contribution >= 0.6 is 12.2 Å². The number of nitrogens with one attached hydrogen (secondary N) is 2. The fraction of sp³-hybridized carbons (Fsp3) is 0.462. The van der Waals surface area contributed by atoms with Crippen molar-refractivity contribution in [2.75, 3.05) is 5.32 Å². The second kappa shape index (κ2) is 6.45. The lowest BCUT2D eigenvalue weighted by Crippen LogP contribution is -2.33. The first-order chi connectivity index (χ1) is 7.97. The van der Waals surface area contributed by atoms with Gasteiger partial charge in [-0.25, -0.2) is 0 Å². The molecule has 0 unspecified atom stereocenters. The van der Waals surface area contributed by atoms with Crippen LogP contribution in [0.5, 0.6) is 5.75 Å². The number of hydrogen-bond donors (Lipinski definition) is 2. The quantitative estimate of drug-likeness (QED) is 0.806. The van der Waals surface area contributed by atoms with Gasteiger partial charge in [-0.3, -0.25) is 0 Å². The van der Waals surface area contributed by atoms with Crippen molar-refractivity contribution in [1.29, 1.82) is 0 Å². The Labute approximate surface area is 109 Å². The molecule has 0 saturated heterocycles. The summed E-state index contributed by atoms with van der Waals surface area (Å²) in [4.78, 5) is 0. The predicted molar refractivity (Wildman–Crippen MR) is 76.7 cm³/mol. The van der Waals surface area contributed by atoms with Gasteiger partial charge in [-0.05, 0) is 52.0 Å². The minimum Gasteiger partial charge on any atom is -0.491 e. The first-order valence-corrected chi connectivity index (χ1v) is 6.22. The van der Waals surface area contributed by atoms with Gasteiger partial charge in [-0.1, -0.05) is 6.07 Å². The maximum absolute atomic E-state index is 5.61. The van der Waals surface area contributed by atoms with Gasteiger partial charge in [-0.2, -0.15) is 0 Å². The van der Waals surface area contributed by atoms with Crippen molar-refractivity contribution < 1.29 is 4.74 Å². The van der Waals surface area contributed by atoms with E-state index < -0.39 is 0 Å². The molecule has 94 valence electrons. The van der Waals surface area contributed by atoms with Crippen molar-refractivity contribution >= 4 is 23.0 Å². The van der Waals surface area contributed by atoms with Crippen LogP contribution in [0.4, 0.5) is 5.69 Å². The van der Waals surface area contributed by atoms with Gasteiger partial charge in [0.25, 0.3) is 0 Å². The molecule has 0 heterocycles. The second-order valence-electron chi connectivity index (χ2n) is 4.45. The third-order valence-corrected chi connectivity index (χ3v) is 2.10. The summed E-state index contributed by atoms with van der Waals surface area (Å²) in [5.74, 6) is 0.845. The molecule has 0 aliphatic carbocycles. The molecule has 0 atom stereocenters. The maximum atomic E-state index is 5.61. The Balaban J connectivity index is 2.62. The van der Waals surface area contributed by atoms with Gasteiger partial charge in [0.2, 0.25) is 0 Å². The van der Waals surface area contributed by atoms with Gasteiger partial charge < -0.3 is 15.4 Å². The minimum absolute atomic E-state index is 0.172. The smallest absolute Gasteiger partial charge is 0.170 e. The molecule has 17 heavy (non-hydrogen) atoms. The molecule has 2 N–H and O–H groups in total. The minimum atomic E-state index is 0.172. The molecule has 3 nitrogen and oxygen atoms in total. The maximum Gasteiger partial charge on any atom is 0.170 e. The highest BCUT2D eigenvalue weighted by Crippen LogP contribution is 2.18. The molecule has 0 radical (unpaired) electrons. The van der Waals surface area contributed by atoms with Gasteiger partial charge in [0, 0.05) is 17.8 Å². The average Bonchev–Trinajstić information content (AvgIpc) is 2.14. The molecule has 1 aromatic rings. The van der Waals surface area contributed by atoms with Crippen LogP contribution in [0.1, 0.15) is 27.7 Å². The Kier molecular flexibility index (Phi) is 5.22. The van der Waals surface area contributed by atoms with E-state index in [4.69, 9.17) is 17.0 Å². The highest BCUT2D eigenvalue weighted by molar-refractivity contribution is 7.80. The van der Waals surface area contributed by atoms with E-state index in [1.54, 1.807) is 0 Å². The van der Waals surface area contributed by atoms with Crippen LogP contribution in [0.25, 0.3) is 0 Å². The molecule has 0 aliphatic rings. The first-order valence-electron chi connectivity index (χ1n) is 5.81. The molecule has 0 fully saturated rings. The van der Waals surface area contributed by atoms with E-state index in [-0.39, 0.29) is 6.10 Å². The molecular formula is C13H20N2OS. The van der Waals surface area contributed by atoms with E-state index >= 15 is 0 Å². The van der Waals surface area contributed by atoms with Crippen LogP contribution in [0.2, 0.25) is 0 Å². The molecule has 0 spiro atoms. The van der Waals surface area contributed by atoms with E-state index in [1.807, 2.05) is 52.0 Å². The van der Waals surface area contributed by atoms with Crippen LogP contribution in [0.3, 0.4) is 0 Å². The fourth-order valence-corrected chi connectivity index (χ4v) is 1.70. The molecular weight excluding hydrogens is 232 g/mol. The lowest BCUT2D eigenvalue weighted by atomic mass is 10.3. The molecule has 0 aromatic heterocycles. The average molecular weight is 252 g/mol. The summed E-state index contributed by atoms with van der Waals surface area (Å²) >= 11 is 5.18. The molecule has 1 aromatic carbocycles. The van der Waals surface area contributed by atoms with E-state index in [0.717, 1.165) is 11.4 Å². The number of rotatable bonds is 4. The van der Waals surface area contributed by atoms with E-state index in [9.17, 15) is 0 Å². The number of hydrogen-bond acceptors (Lipinski definition) is 2. The first kappa shape index (κ1) is 13.8. The summed E-state index contributed by atoms with van der Waals surface area (Å²) in [5.41, 5.74) is 0.932. The monoisotopic (exact) mass is 252 g/mol. The van der Waals surface area contributed by atoms with Crippen LogP contribution < -0.4 is 15.4 Å². The molecule has 0 bridgehead atoms. The van der Waals surface area contributed by atoms with Crippen LogP contribution in [-0.2, 0) is 0 Å². The predicted octanol–water partition coefficient (Wildman–Crippen LogP) is 3.17. The molecule has 0 amide bonds. The number of thiocarbonyl (C=S) groups is 1. The number of anilines is 1. The lowest BCUT2D eigenvalue weighted by molar-refractivity contribution is 0.242. The highest BCUT2D eigenvalue weighted by Gasteiger charge is 2.02. The summed E-state index contributed by atoms with van der Waals surface area (Å²) in [7, 11) is 0. The lowest BCUT2D eigenvalue weighted by Gasteiger charge is -2.14. The van der Waals surface area contributed by atoms with Gasteiger partial charge in [0.15, 0.2) is 5.11 Å². The molecule has 1 rings (SSSR count). The van der Waals surface area contributed by atoms with Crippen molar-refractivity contribution in [2.24, 2.45) is 0 Å². The molecule has 0 saturated carbocycles. The fourth-order valence-electron chi connectivity index (χ4n) is 1.35. The van der Waals surface area contributed by atoms with E-state index in [1.165, 1.54) is 0 Å². The van der Waals surface area contributed by atoms with E-state index in [2.05, 4.69) is 10.6 Å². The number of ether oxygens (including phenoxy) is 1. The number of benzene rings is 1. The van der Waals surface area contributed by atoms with Gasteiger partial charge in [-0.15, -0.1) is 0 Å². The third kappa shape index (κ3) is 5.54. The van der Waals surface area contributed by atoms with Gasteiger partial charge >= 0.3 is 0 Å². The SMILES string of the molecule is CC(C)NC(=S)Nc1cccc(OC(C)C)c1. The Morgan fingerprint density at radius 2 is 1.94 bits per heavy atom. The summed E-state index contributed by atoms with van der Waals surface area (Å²) in [6.07, 6.45) is 0.172. The third-order valence-electron chi connectivity index (χ3n) is 1.88. The molecule has 4 heteroatoms. The van der Waals surface area contributed by atoms with E-state index in [0.29, 0.717) is 11.2 Å². The standard InChI is InChI=1S/C13H20N2OS/c1-9(2)14-13(17)15-11-6-5-7-12(8-11)16-10(3)4/h5-10H,1-4H3,(H2,14,15,17). The largest absolute Gasteiger partial charge is 0.491 e. The highest BCUT2D eigenvalue weighted by atomic mass is 32.1. The van der Waals surface area contributed by atoms with Gasteiger partial charge in [0.05, 0.1) is 6.10 Å². The Morgan fingerprint density at radius 3 is 2.53 bits per heavy atom. The van der Waals surface area contributed by atoms with Crippen LogP contribution in [0.15, 0.2) is 24.3 Å². The Hall–Kier alpha value is -1.29. The van der Waals surface area contributed by atoms with Crippen LogP contribution in [0, 0.1) is 0 Å². The summed E-state index contributed by atoms with van der Waals surface area (Å²) in [6, 6.07) is 8.10. The Bertz CT molecular complexity index is 377. The van der Waals surface area contributed by atoms with Crippen molar-refractivity contribution in [3.63, 3.8) is 0 Å². The second-order valence-corrected chi connectivity index (χ2v) is 4.86. The Morgan fingerprint density at radius 1 is 1.24 bits per heavy atom. The summed E-state index contributed by atoms with van der Waals surface area (Å²) in [5, 5.41) is 6.88. The zero-order valence-corrected chi connectivity index (χ0v) is 11.6. The topological polar surface area (TPSA) is 33.3 Å². The molecule has 0 aliphatic heterocycles. The zero-order valence-electron chi connectivity index (χ0n) is 10.8. The van der Waals surface area contributed by atoms with Crippen molar-refractivity contribution in [3.8, 4) is 5.75 Å². The van der Waals surface area contributed by atoms with Crippen molar-refractivity contribution in [3.05, 3.63) is 24.3 Å². The van der Waals surface area contributed by atoms with Crippen molar-refractivity contribution in [1.82, 2.24) is 5.32 Å². The summed E-state index contributed by atoms with van der Waals surface area (Å²) in [6.45, 7) is 8.11. The normalized spacial score (nSPS) is 10.5. The van der Waals surface area contributed by atoms with Crippen LogP contribution in [-0.4, -0.2) is 17.3 Å². The zero-order chi connectivity index (χ0) is 12.8. The summed E-state index contributed by atoms with van der Waals surface area (Å²) < 4.78 is 5.61.